The Balaban J connectivity index is 2.39. The minimum atomic E-state index is -0.634. The van der Waals surface area contributed by atoms with Crippen LogP contribution in [0.4, 0.5) is 0 Å². The third-order valence-electron chi connectivity index (χ3n) is 3.06. The smallest absolute Gasteiger partial charge is 0.236 e. The van der Waals surface area contributed by atoms with Gasteiger partial charge in [0.05, 0.1) is 6.54 Å². The fourth-order valence-corrected chi connectivity index (χ4v) is 2.06. The van der Waals surface area contributed by atoms with Crippen LogP contribution in [-0.4, -0.2) is 67.8 Å². The standard InChI is InChI=1S/C16H26N2O3/c1-12-6-13(2)8-15(7-12)21-11-14(19)9-18(5)10-16(20)17(3)4/h6-8,14,19H,9-11H2,1-5H3. The molecule has 0 bridgehead atoms. The lowest BCUT2D eigenvalue weighted by atomic mass is 10.1. The van der Waals surface area contributed by atoms with E-state index in [1.807, 2.05) is 26.0 Å². The molecular weight excluding hydrogens is 268 g/mol. The van der Waals surface area contributed by atoms with Gasteiger partial charge in [-0.05, 0) is 44.2 Å². The fourth-order valence-electron chi connectivity index (χ4n) is 2.06. The second kappa shape index (κ2) is 8.00. The van der Waals surface area contributed by atoms with Crippen LogP contribution in [0, 0.1) is 13.8 Å². The molecule has 0 aromatic heterocycles. The number of rotatable bonds is 7. The number of aryl methyl sites for hydroxylation is 2. The van der Waals surface area contributed by atoms with Crippen LogP contribution in [0.5, 0.6) is 5.75 Å². The Morgan fingerprint density at radius 2 is 1.76 bits per heavy atom. The first-order chi connectivity index (χ1) is 9.77. The van der Waals surface area contributed by atoms with E-state index in [0.29, 0.717) is 6.54 Å². The average Bonchev–Trinajstić information content (AvgIpc) is 2.34. The van der Waals surface area contributed by atoms with E-state index in [1.54, 1.807) is 26.0 Å². The Hall–Kier alpha value is -1.59. The summed E-state index contributed by atoms with van der Waals surface area (Å²) >= 11 is 0. The summed E-state index contributed by atoms with van der Waals surface area (Å²) in [5, 5.41) is 9.98. The van der Waals surface area contributed by atoms with Gasteiger partial charge in [-0.3, -0.25) is 9.69 Å². The number of ether oxygens (including phenoxy) is 1. The van der Waals surface area contributed by atoms with Crippen molar-refractivity contribution in [2.75, 3.05) is 40.8 Å². The molecule has 1 rings (SSSR count). The average molecular weight is 294 g/mol. The molecule has 21 heavy (non-hydrogen) atoms. The van der Waals surface area contributed by atoms with Gasteiger partial charge in [-0.2, -0.15) is 0 Å². The molecule has 0 heterocycles. The van der Waals surface area contributed by atoms with Crippen molar-refractivity contribution in [1.82, 2.24) is 9.80 Å². The van der Waals surface area contributed by atoms with Crippen LogP contribution in [0.15, 0.2) is 18.2 Å². The number of hydrogen-bond acceptors (Lipinski definition) is 4. The summed E-state index contributed by atoms with van der Waals surface area (Å²) in [6, 6.07) is 5.96. The molecule has 0 saturated heterocycles. The van der Waals surface area contributed by atoms with Crippen LogP contribution in [0.2, 0.25) is 0 Å². The van der Waals surface area contributed by atoms with E-state index in [0.717, 1.165) is 16.9 Å². The van der Waals surface area contributed by atoms with Crippen LogP contribution >= 0.6 is 0 Å². The molecule has 0 spiro atoms. The van der Waals surface area contributed by atoms with E-state index < -0.39 is 6.10 Å². The Morgan fingerprint density at radius 3 is 2.29 bits per heavy atom. The highest BCUT2D eigenvalue weighted by Crippen LogP contribution is 2.16. The number of hydrogen-bond donors (Lipinski definition) is 1. The van der Waals surface area contributed by atoms with Crippen molar-refractivity contribution in [3.63, 3.8) is 0 Å². The maximum Gasteiger partial charge on any atom is 0.236 e. The van der Waals surface area contributed by atoms with Crippen molar-refractivity contribution in [2.45, 2.75) is 20.0 Å². The van der Waals surface area contributed by atoms with Crippen LogP contribution < -0.4 is 4.74 Å². The van der Waals surface area contributed by atoms with Gasteiger partial charge in [-0.1, -0.05) is 6.07 Å². The van der Waals surface area contributed by atoms with Gasteiger partial charge in [0.1, 0.15) is 18.5 Å². The maximum absolute atomic E-state index is 11.6. The lowest BCUT2D eigenvalue weighted by Crippen LogP contribution is -2.39. The van der Waals surface area contributed by atoms with E-state index in [1.165, 1.54) is 4.90 Å². The molecule has 1 atom stereocenters. The number of likely N-dealkylation sites (N-methyl/N-ethyl adjacent to an activating group) is 2. The van der Waals surface area contributed by atoms with Gasteiger partial charge in [0, 0.05) is 20.6 Å². The lowest BCUT2D eigenvalue weighted by molar-refractivity contribution is -0.129. The summed E-state index contributed by atoms with van der Waals surface area (Å²) in [5.41, 5.74) is 2.27. The molecule has 0 saturated carbocycles. The molecule has 0 fully saturated rings. The Labute approximate surface area is 127 Å². The molecule has 0 aliphatic carbocycles. The molecule has 5 heteroatoms. The van der Waals surface area contributed by atoms with Crippen LogP contribution in [0.3, 0.4) is 0 Å². The van der Waals surface area contributed by atoms with Crippen molar-refractivity contribution in [1.29, 1.82) is 0 Å². The Kier molecular flexibility index (Phi) is 6.65. The maximum atomic E-state index is 11.6. The van der Waals surface area contributed by atoms with Crippen LogP contribution in [0.1, 0.15) is 11.1 Å². The summed E-state index contributed by atoms with van der Waals surface area (Å²) < 4.78 is 5.61. The number of aliphatic hydroxyl groups is 1. The molecule has 0 aliphatic heterocycles. The summed E-state index contributed by atoms with van der Waals surface area (Å²) in [7, 11) is 5.24. The van der Waals surface area contributed by atoms with E-state index in [2.05, 4.69) is 6.07 Å². The monoisotopic (exact) mass is 294 g/mol. The Bertz CT molecular complexity index is 454. The summed E-state index contributed by atoms with van der Waals surface area (Å²) in [6.45, 7) is 4.91. The van der Waals surface area contributed by atoms with Crippen LogP contribution in [-0.2, 0) is 4.79 Å². The third-order valence-corrected chi connectivity index (χ3v) is 3.06. The molecule has 1 aromatic rings. The molecule has 5 nitrogen and oxygen atoms in total. The quantitative estimate of drug-likeness (QED) is 0.817. The van der Waals surface area contributed by atoms with E-state index >= 15 is 0 Å². The number of amides is 1. The first-order valence-corrected chi connectivity index (χ1v) is 7.05. The van der Waals surface area contributed by atoms with E-state index in [4.69, 9.17) is 4.74 Å². The molecular formula is C16H26N2O3. The first-order valence-electron chi connectivity index (χ1n) is 7.05. The normalized spacial score (nSPS) is 12.3. The number of carbonyl (C=O) groups is 1. The first kappa shape index (κ1) is 17.5. The highest BCUT2D eigenvalue weighted by atomic mass is 16.5. The number of benzene rings is 1. The van der Waals surface area contributed by atoms with Gasteiger partial charge in [0.25, 0.3) is 0 Å². The van der Waals surface area contributed by atoms with Crippen molar-refractivity contribution < 1.29 is 14.6 Å². The van der Waals surface area contributed by atoms with Gasteiger partial charge in [0.2, 0.25) is 5.91 Å². The largest absolute Gasteiger partial charge is 0.491 e. The van der Waals surface area contributed by atoms with Gasteiger partial charge in [-0.25, -0.2) is 0 Å². The van der Waals surface area contributed by atoms with Gasteiger partial charge in [-0.15, -0.1) is 0 Å². The van der Waals surface area contributed by atoms with Crippen molar-refractivity contribution in [3.05, 3.63) is 29.3 Å². The molecule has 1 unspecified atom stereocenters. The third kappa shape index (κ3) is 6.60. The predicted octanol–water partition coefficient (Wildman–Crippen LogP) is 1.06. The second-order valence-electron chi connectivity index (χ2n) is 5.77. The highest BCUT2D eigenvalue weighted by molar-refractivity contribution is 5.77. The number of aliphatic hydroxyl groups excluding tert-OH is 1. The molecule has 1 aromatic carbocycles. The van der Waals surface area contributed by atoms with Crippen molar-refractivity contribution in [2.24, 2.45) is 0 Å². The van der Waals surface area contributed by atoms with Crippen molar-refractivity contribution >= 4 is 5.91 Å². The predicted molar refractivity (Wildman–Crippen MR) is 83.6 cm³/mol. The van der Waals surface area contributed by atoms with Crippen LogP contribution in [0.25, 0.3) is 0 Å². The van der Waals surface area contributed by atoms with Crippen molar-refractivity contribution in [3.8, 4) is 5.75 Å². The fraction of sp³-hybridized carbons (Fsp3) is 0.562. The minimum absolute atomic E-state index is 0.0138. The minimum Gasteiger partial charge on any atom is -0.491 e. The number of carbonyl (C=O) groups excluding carboxylic acids is 1. The van der Waals surface area contributed by atoms with E-state index in [9.17, 15) is 9.90 Å². The molecule has 1 N–H and O–H groups in total. The van der Waals surface area contributed by atoms with E-state index in [-0.39, 0.29) is 19.1 Å². The summed E-state index contributed by atoms with van der Waals surface area (Å²) in [5.74, 6) is 0.776. The van der Waals surface area contributed by atoms with Gasteiger partial charge in [0.15, 0.2) is 0 Å². The zero-order chi connectivity index (χ0) is 16.0. The zero-order valence-corrected chi connectivity index (χ0v) is 13.6. The SMILES string of the molecule is Cc1cc(C)cc(OCC(O)CN(C)CC(=O)N(C)C)c1. The second-order valence-corrected chi connectivity index (χ2v) is 5.77. The molecule has 1 amide bonds. The van der Waals surface area contributed by atoms with Gasteiger partial charge < -0.3 is 14.7 Å². The zero-order valence-electron chi connectivity index (χ0n) is 13.6. The molecule has 0 aliphatic rings. The molecule has 118 valence electrons. The highest BCUT2D eigenvalue weighted by Gasteiger charge is 2.13. The summed E-state index contributed by atoms with van der Waals surface area (Å²) in [6.07, 6.45) is -0.634. The lowest BCUT2D eigenvalue weighted by Gasteiger charge is -2.22. The molecule has 0 radical (unpaired) electrons. The Morgan fingerprint density at radius 1 is 1.19 bits per heavy atom. The van der Waals surface area contributed by atoms with Gasteiger partial charge >= 0.3 is 0 Å². The number of nitrogens with zero attached hydrogens (tertiary/aromatic N) is 2. The summed E-state index contributed by atoms with van der Waals surface area (Å²) in [4.78, 5) is 14.9. The topological polar surface area (TPSA) is 53.0 Å².